The number of alkyl halides is 1. The summed E-state index contributed by atoms with van der Waals surface area (Å²) in [5, 5.41) is 0. The summed E-state index contributed by atoms with van der Waals surface area (Å²) in [7, 11) is 0. The van der Waals surface area contributed by atoms with Crippen LogP contribution in [0.5, 0.6) is 0 Å². The Bertz CT molecular complexity index is 433. The quantitative estimate of drug-likeness (QED) is 0.572. The summed E-state index contributed by atoms with van der Waals surface area (Å²) in [5.41, 5.74) is 0.196. The van der Waals surface area contributed by atoms with Crippen LogP contribution in [0.3, 0.4) is 0 Å². The highest BCUT2D eigenvalue weighted by atomic mass is 79.9. The van der Waals surface area contributed by atoms with Gasteiger partial charge in [0.1, 0.15) is 17.4 Å². The lowest BCUT2D eigenvalue weighted by Gasteiger charge is -2.12. The lowest BCUT2D eigenvalue weighted by atomic mass is 10.0. The van der Waals surface area contributed by atoms with Gasteiger partial charge in [0, 0.05) is 5.92 Å². The first-order valence-electron chi connectivity index (χ1n) is 5.14. The third-order valence-corrected chi connectivity index (χ3v) is 3.75. The standard InChI is InChI=1S/C12H12Br2F2O/c1-6(2)12(17)9(14)3-7-4-11(16)8(13)5-10(7)15/h4-6,9H,3H2,1-2H3. The zero-order chi connectivity index (χ0) is 13.2. The zero-order valence-corrected chi connectivity index (χ0v) is 12.6. The summed E-state index contributed by atoms with van der Waals surface area (Å²) in [6.45, 7) is 3.55. The number of Topliss-reactive ketones (excluding diaryl/α,β-unsaturated/α-hetero) is 1. The summed E-state index contributed by atoms with van der Waals surface area (Å²) in [6.07, 6.45) is 0.146. The van der Waals surface area contributed by atoms with E-state index in [1.807, 2.05) is 0 Å². The van der Waals surface area contributed by atoms with Gasteiger partial charge in [-0.1, -0.05) is 29.8 Å². The van der Waals surface area contributed by atoms with E-state index in [-0.39, 0.29) is 28.2 Å². The second kappa shape index (κ2) is 6.05. The molecule has 94 valence electrons. The van der Waals surface area contributed by atoms with Crippen molar-refractivity contribution in [3.05, 3.63) is 33.8 Å². The maximum absolute atomic E-state index is 13.5. The molecule has 1 atom stereocenters. The Labute approximate surface area is 116 Å². The van der Waals surface area contributed by atoms with E-state index in [4.69, 9.17) is 0 Å². The summed E-state index contributed by atoms with van der Waals surface area (Å²) < 4.78 is 26.9. The minimum atomic E-state index is -0.530. The van der Waals surface area contributed by atoms with E-state index in [0.717, 1.165) is 12.1 Å². The van der Waals surface area contributed by atoms with Crippen LogP contribution in [0.15, 0.2) is 16.6 Å². The van der Waals surface area contributed by atoms with E-state index in [0.29, 0.717) is 0 Å². The van der Waals surface area contributed by atoms with Crippen LogP contribution in [0.25, 0.3) is 0 Å². The number of hydrogen-bond donors (Lipinski definition) is 0. The van der Waals surface area contributed by atoms with Crippen LogP contribution in [-0.2, 0) is 11.2 Å². The van der Waals surface area contributed by atoms with Crippen LogP contribution in [0.2, 0.25) is 0 Å². The average molecular weight is 370 g/mol. The minimum absolute atomic E-state index is 0.0206. The first kappa shape index (κ1) is 14.8. The molecule has 1 rings (SSSR count). The molecular formula is C12H12Br2F2O. The largest absolute Gasteiger partial charge is 0.298 e. The van der Waals surface area contributed by atoms with Crippen molar-refractivity contribution in [3.63, 3.8) is 0 Å². The van der Waals surface area contributed by atoms with Crippen LogP contribution in [-0.4, -0.2) is 10.6 Å². The Morgan fingerprint density at radius 1 is 1.29 bits per heavy atom. The van der Waals surface area contributed by atoms with Gasteiger partial charge in [0.15, 0.2) is 0 Å². The monoisotopic (exact) mass is 368 g/mol. The molecule has 5 heteroatoms. The number of halogens is 4. The lowest BCUT2D eigenvalue weighted by molar-refractivity contribution is -0.121. The lowest BCUT2D eigenvalue weighted by Crippen LogP contribution is -2.22. The Morgan fingerprint density at radius 3 is 2.41 bits per heavy atom. The maximum Gasteiger partial charge on any atom is 0.149 e. The highest BCUT2D eigenvalue weighted by molar-refractivity contribution is 9.10. The molecule has 0 aliphatic heterocycles. The van der Waals surface area contributed by atoms with E-state index < -0.39 is 16.5 Å². The van der Waals surface area contributed by atoms with Crippen molar-refractivity contribution in [3.8, 4) is 0 Å². The molecule has 17 heavy (non-hydrogen) atoms. The Hall–Kier alpha value is -0.290. The second-order valence-corrected chi connectivity index (χ2v) is 6.05. The fourth-order valence-electron chi connectivity index (χ4n) is 1.38. The van der Waals surface area contributed by atoms with Crippen molar-refractivity contribution in [1.29, 1.82) is 0 Å². The van der Waals surface area contributed by atoms with Crippen LogP contribution in [0.4, 0.5) is 8.78 Å². The van der Waals surface area contributed by atoms with Crippen molar-refractivity contribution >= 4 is 37.6 Å². The number of carbonyl (C=O) groups is 1. The summed E-state index contributed by atoms with van der Waals surface area (Å²) in [6, 6.07) is 2.19. The second-order valence-electron chi connectivity index (χ2n) is 4.09. The van der Waals surface area contributed by atoms with Gasteiger partial charge < -0.3 is 0 Å². The van der Waals surface area contributed by atoms with Crippen molar-refractivity contribution in [2.75, 3.05) is 0 Å². The molecule has 0 N–H and O–H groups in total. The van der Waals surface area contributed by atoms with Crippen molar-refractivity contribution < 1.29 is 13.6 Å². The van der Waals surface area contributed by atoms with Gasteiger partial charge in [-0.3, -0.25) is 4.79 Å². The molecule has 0 spiro atoms. The van der Waals surface area contributed by atoms with Gasteiger partial charge in [-0.25, -0.2) is 8.78 Å². The molecule has 1 nitrogen and oxygen atoms in total. The average Bonchev–Trinajstić information content (AvgIpc) is 2.24. The van der Waals surface area contributed by atoms with Gasteiger partial charge in [0.2, 0.25) is 0 Å². The van der Waals surface area contributed by atoms with Crippen molar-refractivity contribution in [2.45, 2.75) is 25.1 Å². The van der Waals surface area contributed by atoms with E-state index in [1.165, 1.54) is 0 Å². The van der Waals surface area contributed by atoms with E-state index in [2.05, 4.69) is 31.9 Å². The van der Waals surface area contributed by atoms with E-state index in [1.54, 1.807) is 13.8 Å². The Balaban J connectivity index is 2.89. The number of rotatable bonds is 4. The number of ketones is 1. The molecule has 0 aromatic heterocycles. The highest BCUT2D eigenvalue weighted by Crippen LogP contribution is 2.23. The summed E-state index contributed by atoms with van der Waals surface area (Å²) in [5.74, 6) is -1.20. The Morgan fingerprint density at radius 2 is 1.88 bits per heavy atom. The molecule has 0 bridgehead atoms. The fourth-order valence-corrected chi connectivity index (χ4v) is 2.57. The van der Waals surface area contributed by atoms with Gasteiger partial charge in [-0.2, -0.15) is 0 Å². The number of hydrogen-bond acceptors (Lipinski definition) is 1. The van der Waals surface area contributed by atoms with Gasteiger partial charge in [-0.15, -0.1) is 0 Å². The molecule has 0 radical (unpaired) electrons. The molecule has 0 aliphatic carbocycles. The number of benzene rings is 1. The van der Waals surface area contributed by atoms with Gasteiger partial charge in [0.05, 0.1) is 9.30 Å². The zero-order valence-electron chi connectivity index (χ0n) is 9.44. The van der Waals surface area contributed by atoms with E-state index >= 15 is 0 Å². The van der Waals surface area contributed by atoms with E-state index in [9.17, 15) is 13.6 Å². The fraction of sp³-hybridized carbons (Fsp3) is 0.417. The smallest absolute Gasteiger partial charge is 0.149 e. The predicted octanol–water partition coefficient (Wildman–Crippen LogP) is 4.26. The molecular weight excluding hydrogens is 358 g/mol. The molecule has 0 aliphatic rings. The molecule has 1 aromatic rings. The molecule has 0 saturated heterocycles. The summed E-state index contributed by atoms with van der Waals surface area (Å²) in [4.78, 5) is 11.1. The first-order valence-corrected chi connectivity index (χ1v) is 6.85. The molecule has 1 aromatic carbocycles. The third kappa shape index (κ3) is 3.85. The predicted molar refractivity (Wildman–Crippen MR) is 70.3 cm³/mol. The minimum Gasteiger partial charge on any atom is -0.298 e. The van der Waals surface area contributed by atoms with Gasteiger partial charge >= 0.3 is 0 Å². The molecule has 0 fully saturated rings. The van der Waals surface area contributed by atoms with Gasteiger partial charge in [0.25, 0.3) is 0 Å². The highest BCUT2D eigenvalue weighted by Gasteiger charge is 2.20. The van der Waals surface area contributed by atoms with Crippen molar-refractivity contribution in [2.24, 2.45) is 5.92 Å². The van der Waals surface area contributed by atoms with Crippen LogP contribution >= 0.6 is 31.9 Å². The molecule has 0 amide bonds. The van der Waals surface area contributed by atoms with Crippen LogP contribution in [0.1, 0.15) is 19.4 Å². The van der Waals surface area contributed by atoms with Crippen LogP contribution in [0, 0.1) is 17.6 Å². The molecule has 0 saturated carbocycles. The van der Waals surface area contributed by atoms with Gasteiger partial charge in [-0.05, 0) is 40.0 Å². The normalized spacial score (nSPS) is 12.9. The van der Waals surface area contributed by atoms with Crippen LogP contribution < -0.4 is 0 Å². The molecule has 1 unspecified atom stereocenters. The summed E-state index contributed by atoms with van der Waals surface area (Å²) >= 11 is 6.11. The number of carbonyl (C=O) groups excluding carboxylic acids is 1. The SMILES string of the molecule is CC(C)C(=O)C(Br)Cc1cc(F)c(Br)cc1F. The third-order valence-electron chi connectivity index (χ3n) is 2.37. The maximum atomic E-state index is 13.5. The molecule has 0 heterocycles. The first-order chi connectivity index (χ1) is 7.82. The Kier molecular flexibility index (Phi) is 5.25. The van der Waals surface area contributed by atoms with Crippen molar-refractivity contribution in [1.82, 2.24) is 0 Å². The topological polar surface area (TPSA) is 17.1 Å².